The summed E-state index contributed by atoms with van der Waals surface area (Å²) >= 11 is 6.48. The second-order valence-electron chi connectivity index (χ2n) is 8.09. The van der Waals surface area contributed by atoms with Crippen LogP contribution in [0.5, 0.6) is 0 Å². The van der Waals surface area contributed by atoms with Crippen LogP contribution in [0.1, 0.15) is 23.6 Å². The molecular formula is C24H24FN5O2S2. The summed E-state index contributed by atoms with van der Waals surface area (Å²) in [6.45, 7) is 6.60. The number of nitriles is 1. The molecule has 0 saturated carbocycles. The van der Waals surface area contributed by atoms with Crippen molar-refractivity contribution >= 4 is 51.8 Å². The van der Waals surface area contributed by atoms with Gasteiger partial charge in [0.1, 0.15) is 27.6 Å². The highest BCUT2D eigenvalue weighted by atomic mass is 32.2. The van der Waals surface area contributed by atoms with Gasteiger partial charge in [0, 0.05) is 51.0 Å². The third kappa shape index (κ3) is 4.21. The van der Waals surface area contributed by atoms with Crippen molar-refractivity contribution in [3.63, 3.8) is 0 Å². The molecule has 0 N–H and O–H groups in total. The van der Waals surface area contributed by atoms with Crippen LogP contribution in [0, 0.1) is 24.1 Å². The van der Waals surface area contributed by atoms with Gasteiger partial charge in [-0.15, -0.1) is 0 Å². The minimum Gasteiger partial charge on any atom is -0.368 e. The van der Waals surface area contributed by atoms with Gasteiger partial charge in [0.15, 0.2) is 0 Å². The van der Waals surface area contributed by atoms with Crippen LogP contribution in [0.25, 0.3) is 6.08 Å². The van der Waals surface area contributed by atoms with Crippen LogP contribution < -0.4 is 15.4 Å². The first-order chi connectivity index (χ1) is 16.3. The standard InChI is InChI=1S/C24H24FN5O2S2/c1-4-30-21(29-11-9-28(10-12-29)17-7-5-16(25)6-8-17)18(15(2)19(14-26)22(30)31)13-20-23(32)27(3)24(33)34-20/h5-8,13H,4,9-12H2,1-3H3. The molecule has 3 heterocycles. The van der Waals surface area contributed by atoms with E-state index in [2.05, 4.69) is 9.80 Å². The number of carbonyl (C=O) groups is 1. The summed E-state index contributed by atoms with van der Waals surface area (Å²) in [6, 6.07) is 8.46. The van der Waals surface area contributed by atoms with E-state index in [1.165, 1.54) is 28.8 Å². The van der Waals surface area contributed by atoms with Gasteiger partial charge in [0.2, 0.25) is 0 Å². The molecule has 0 unspecified atom stereocenters. The normalized spacial score (nSPS) is 17.6. The minimum absolute atomic E-state index is 0.0776. The summed E-state index contributed by atoms with van der Waals surface area (Å²) in [7, 11) is 1.63. The third-order valence-electron chi connectivity index (χ3n) is 6.20. The molecule has 0 spiro atoms. The lowest BCUT2D eigenvalue weighted by Gasteiger charge is -2.39. The lowest BCUT2D eigenvalue weighted by atomic mass is 10.0. The van der Waals surface area contributed by atoms with Gasteiger partial charge < -0.3 is 9.80 Å². The number of anilines is 2. The van der Waals surface area contributed by atoms with Gasteiger partial charge in [-0.25, -0.2) is 4.39 Å². The number of amides is 1. The Morgan fingerprint density at radius 2 is 1.76 bits per heavy atom. The predicted molar refractivity (Wildman–Crippen MR) is 138 cm³/mol. The van der Waals surface area contributed by atoms with Crippen LogP contribution in [0.15, 0.2) is 34.0 Å². The molecule has 10 heteroatoms. The molecular weight excluding hydrogens is 473 g/mol. The molecule has 1 aromatic carbocycles. The number of carbonyl (C=O) groups excluding carboxylic acids is 1. The second kappa shape index (κ2) is 9.60. The third-order valence-corrected chi connectivity index (χ3v) is 7.68. The Morgan fingerprint density at radius 3 is 2.29 bits per heavy atom. The minimum atomic E-state index is -0.335. The number of aromatic nitrogens is 1. The Labute approximate surface area is 207 Å². The van der Waals surface area contributed by atoms with E-state index >= 15 is 0 Å². The molecule has 7 nitrogen and oxygen atoms in total. The van der Waals surface area contributed by atoms with Gasteiger partial charge in [-0.05, 0) is 49.8 Å². The maximum atomic E-state index is 13.3. The maximum Gasteiger partial charge on any atom is 0.270 e. The number of benzene rings is 1. The van der Waals surface area contributed by atoms with Crippen molar-refractivity contribution < 1.29 is 9.18 Å². The summed E-state index contributed by atoms with van der Waals surface area (Å²) < 4.78 is 15.4. The first kappa shape index (κ1) is 24.0. The molecule has 0 radical (unpaired) electrons. The molecule has 2 aliphatic heterocycles. The molecule has 0 aliphatic carbocycles. The van der Waals surface area contributed by atoms with E-state index in [-0.39, 0.29) is 22.8 Å². The van der Waals surface area contributed by atoms with Crippen LogP contribution >= 0.6 is 24.0 Å². The average Bonchev–Trinajstić information content (AvgIpc) is 3.08. The summed E-state index contributed by atoms with van der Waals surface area (Å²) in [4.78, 5) is 32.0. The zero-order valence-electron chi connectivity index (χ0n) is 19.2. The molecule has 4 rings (SSSR count). The zero-order valence-corrected chi connectivity index (χ0v) is 20.8. The van der Waals surface area contributed by atoms with Crippen LogP contribution in [0.3, 0.4) is 0 Å². The largest absolute Gasteiger partial charge is 0.368 e. The Bertz CT molecular complexity index is 1290. The summed E-state index contributed by atoms with van der Waals surface area (Å²) in [5.74, 6) is 0.225. The van der Waals surface area contributed by atoms with E-state index in [4.69, 9.17) is 12.2 Å². The number of hydrogen-bond acceptors (Lipinski definition) is 7. The number of hydrogen-bond donors (Lipinski definition) is 0. The average molecular weight is 498 g/mol. The fourth-order valence-electron chi connectivity index (χ4n) is 4.28. The molecule has 176 valence electrons. The van der Waals surface area contributed by atoms with Crippen LogP contribution in [-0.2, 0) is 11.3 Å². The van der Waals surface area contributed by atoms with Gasteiger partial charge in [0.25, 0.3) is 11.5 Å². The van der Waals surface area contributed by atoms with E-state index in [0.29, 0.717) is 58.9 Å². The highest BCUT2D eigenvalue weighted by Gasteiger charge is 2.31. The van der Waals surface area contributed by atoms with Gasteiger partial charge in [0.05, 0.1) is 4.91 Å². The maximum absolute atomic E-state index is 13.3. The molecule has 1 amide bonds. The van der Waals surface area contributed by atoms with Crippen molar-refractivity contribution in [2.75, 3.05) is 43.0 Å². The highest BCUT2D eigenvalue weighted by Crippen LogP contribution is 2.35. The number of halogens is 1. The number of piperazine rings is 1. The molecule has 2 fully saturated rings. The lowest BCUT2D eigenvalue weighted by molar-refractivity contribution is -0.121. The Morgan fingerprint density at radius 1 is 1.15 bits per heavy atom. The van der Waals surface area contributed by atoms with Crippen LogP contribution in [-0.4, -0.2) is 52.9 Å². The van der Waals surface area contributed by atoms with Crippen molar-refractivity contribution in [3.8, 4) is 6.07 Å². The summed E-state index contributed by atoms with van der Waals surface area (Å²) in [5, 5.41) is 9.69. The van der Waals surface area contributed by atoms with Crippen LogP contribution in [0.2, 0.25) is 0 Å². The van der Waals surface area contributed by atoms with Gasteiger partial charge in [-0.1, -0.05) is 24.0 Å². The second-order valence-corrected chi connectivity index (χ2v) is 9.77. The van der Waals surface area contributed by atoms with E-state index < -0.39 is 0 Å². The molecule has 2 aromatic rings. The van der Waals surface area contributed by atoms with Crippen molar-refractivity contribution in [1.29, 1.82) is 5.26 Å². The molecule has 0 atom stereocenters. The summed E-state index contributed by atoms with van der Waals surface area (Å²) in [6.07, 6.45) is 1.76. The molecule has 0 bridgehead atoms. The predicted octanol–water partition coefficient (Wildman–Crippen LogP) is 3.35. The quantitative estimate of drug-likeness (QED) is 0.474. The first-order valence-corrected chi connectivity index (χ1v) is 12.1. The molecule has 2 saturated heterocycles. The first-order valence-electron chi connectivity index (χ1n) is 10.9. The van der Waals surface area contributed by atoms with Crippen molar-refractivity contribution in [2.45, 2.75) is 20.4 Å². The Balaban J connectivity index is 1.77. The topological polar surface area (TPSA) is 72.6 Å². The smallest absolute Gasteiger partial charge is 0.270 e. The summed E-state index contributed by atoms with van der Waals surface area (Å²) in [5.41, 5.74) is 1.92. The SMILES string of the molecule is CCn1c(N2CCN(c3ccc(F)cc3)CC2)c(C=C2SC(=S)N(C)C2=O)c(C)c(C#N)c1=O. The molecule has 34 heavy (non-hydrogen) atoms. The Kier molecular flexibility index (Phi) is 6.77. The van der Waals surface area contributed by atoms with Gasteiger partial charge in [-0.3, -0.25) is 19.1 Å². The number of likely N-dealkylation sites (N-methyl/N-ethyl adjacent to an activating group) is 1. The fraction of sp³-hybridized carbons (Fsp3) is 0.333. The monoisotopic (exact) mass is 497 g/mol. The number of thiocarbonyl (C=S) groups is 1. The Hall–Kier alpha value is -3.16. The van der Waals surface area contributed by atoms with Crippen LogP contribution in [0.4, 0.5) is 15.9 Å². The van der Waals surface area contributed by atoms with Crippen molar-refractivity contribution in [3.05, 3.63) is 62.0 Å². The van der Waals surface area contributed by atoms with Gasteiger partial charge in [-0.2, -0.15) is 5.26 Å². The number of nitrogens with zero attached hydrogens (tertiary/aromatic N) is 5. The number of thioether (sulfide) groups is 1. The molecule has 1 aromatic heterocycles. The molecule has 2 aliphatic rings. The van der Waals surface area contributed by atoms with Crippen molar-refractivity contribution in [2.24, 2.45) is 0 Å². The number of rotatable bonds is 4. The van der Waals surface area contributed by atoms with Crippen molar-refractivity contribution in [1.82, 2.24) is 9.47 Å². The van der Waals surface area contributed by atoms with E-state index in [9.17, 15) is 19.2 Å². The van der Waals surface area contributed by atoms with Gasteiger partial charge >= 0.3 is 0 Å². The van der Waals surface area contributed by atoms with E-state index in [0.717, 1.165) is 5.69 Å². The fourth-order valence-corrected chi connectivity index (χ4v) is 5.44. The van der Waals surface area contributed by atoms with E-state index in [1.807, 2.05) is 13.0 Å². The number of pyridine rings is 1. The lowest BCUT2D eigenvalue weighted by Crippen LogP contribution is -2.48. The zero-order chi connectivity index (χ0) is 24.6. The highest BCUT2D eigenvalue weighted by molar-refractivity contribution is 8.26. The van der Waals surface area contributed by atoms with E-state index in [1.54, 1.807) is 36.7 Å².